The molecule has 1 aromatic heterocycles. The Hall–Kier alpha value is -2.14. The highest BCUT2D eigenvalue weighted by Crippen LogP contribution is 2.26. The van der Waals surface area contributed by atoms with E-state index in [1.165, 1.54) is 0 Å². The number of aromatic nitrogens is 2. The van der Waals surface area contributed by atoms with Gasteiger partial charge in [-0.1, -0.05) is 30.3 Å². The number of hydrogen-bond acceptors (Lipinski definition) is 3. The minimum absolute atomic E-state index is 0.0250. The maximum absolute atomic E-state index is 12.2. The molecule has 5 nitrogen and oxygen atoms in total. The number of carbonyl (C=O) groups is 1. The fraction of sp³-hybridized carbons (Fsp3) is 0.375. The molecule has 1 aromatic carbocycles. The molecule has 2 heterocycles. The van der Waals surface area contributed by atoms with Gasteiger partial charge in [-0.2, -0.15) is 0 Å². The Labute approximate surface area is 124 Å². The van der Waals surface area contributed by atoms with Crippen LogP contribution in [0.15, 0.2) is 36.5 Å². The number of imidazole rings is 1. The summed E-state index contributed by atoms with van der Waals surface area (Å²) >= 11 is 0. The molecule has 0 N–H and O–H groups in total. The molecule has 0 bridgehead atoms. The zero-order valence-electron chi connectivity index (χ0n) is 12.2. The SMILES string of the molecule is CCOCC(=O)N1CCCn2cc(-c3ccccc3)nc21. The van der Waals surface area contributed by atoms with Crippen LogP contribution in [0.4, 0.5) is 5.95 Å². The Kier molecular flexibility index (Phi) is 4.01. The van der Waals surface area contributed by atoms with Gasteiger partial charge in [0.05, 0.1) is 5.69 Å². The van der Waals surface area contributed by atoms with Crippen molar-refractivity contribution in [1.82, 2.24) is 9.55 Å². The Morgan fingerprint density at radius 3 is 2.86 bits per heavy atom. The Morgan fingerprint density at radius 2 is 2.10 bits per heavy atom. The summed E-state index contributed by atoms with van der Waals surface area (Å²) in [5.74, 6) is 0.702. The summed E-state index contributed by atoms with van der Waals surface area (Å²) in [5.41, 5.74) is 1.97. The van der Waals surface area contributed by atoms with E-state index < -0.39 is 0 Å². The fourth-order valence-corrected chi connectivity index (χ4v) is 2.54. The van der Waals surface area contributed by atoms with Crippen LogP contribution in [0, 0.1) is 0 Å². The van der Waals surface area contributed by atoms with Crippen molar-refractivity contribution in [1.29, 1.82) is 0 Å². The lowest BCUT2D eigenvalue weighted by Gasteiger charge is -2.26. The summed E-state index contributed by atoms with van der Waals surface area (Å²) < 4.78 is 7.28. The third-order valence-electron chi connectivity index (χ3n) is 3.58. The van der Waals surface area contributed by atoms with E-state index in [4.69, 9.17) is 4.74 Å². The van der Waals surface area contributed by atoms with Crippen molar-refractivity contribution in [2.45, 2.75) is 19.9 Å². The number of hydrogen-bond donors (Lipinski definition) is 0. The van der Waals surface area contributed by atoms with Gasteiger partial charge in [-0.3, -0.25) is 9.69 Å². The Bertz CT molecular complexity index is 622. The molecule has 0 atom stereocenters. The second-order valence-electron chi connectivity index (χ2n) is 5.02. The number of amides is 1. The van der Waals surface area contributed by atoms with E-state index in [9.17, 15) is 4.79 Å². The first-order chi connectivity index (χ1) is 10.3. The smallest absolute Gasteiger partial charge is 0.255 e. The number of aryl methyl sites for hydroxylation is 1. The van der Waals surface area contributed by atoms with Crippen LogP contribution in [-0.2, 0) is 16.1 Å². The highest BCUT2D eigenvalue weighted by molar-refractivity contribution is 5.93. The molecule has 2 aromatic rings. The number of fused-ring (bicyclic) bond motifs is 1. The minimum atomic E-state index is -0.0250. The molecule has 0 aliphatic carbocycles. The summed E-state index contributed by atoms with van der Waals surface area (Å²) in [4.78, 5) is 18.6. The summed E-state index contributed by atoms with van der Waals surface area (Å²) in [6, 6.07) is 10.0. The number of benzene rings is 1. The normalized spacial score (nSPS) is 14.0. The third kappa shape index (κ3) is 2.83. The van der Waals surface area contributed by atoms with Crippen LogP contribution in [0.3, 0.4) is 0 Å². The molecular formula is C16H19N3O2. The summed E-state index contributed by atoms with van der Waals surface area (Å²) in [6.07, 6.45) is 2.96. The van der Waals surface area contributed by atoms with E-state index in [2.05, 4.69) is 9.55 Å². The van der Waals surface area contributed by atoms with Gasteiger partial charge in [0.15, 0.2) is 0 Å². The lowest BCUT2D eigenvalue weighted by Crippen LogP contribution is -2.39. The van der Waals surface area contributed by atoms with Crippen LogP contribution in [-0.4, -0.2) is 35.2 Å². The van der Waals surface area contributed by atoms with E-state index in [1.807, 2.05) is 43.5 Å². The van der Waals surface area contributed by atoms with Crippen molar-refractivity contribution in [2.24, 2.45) is 0 Å². The molecular weight excluding hydrogens is 266 g/mol. The van der Waals surface area contributed by atoms with Gasteiger partial charge < -0.3 is 9.30 Å². The van der Waals surface area contributed by atoms with E-state index >= 15 is 0 Å². The van der Waals surface area contributed by atoms with Crippen molar-refractivity contribution in [3.63, 3.8) is 0 Å². The van der Waals surface area contributed by atoms with Crippen LogP contribution in [0.25, 0.3) is 11.3 Å². The van der Waals surface area contributed by atoms with Gasteiger partial charge >= 0.3 is 0 Å². The van der Waals surface area contributed by atoms with Crippen LogP contribution in [0.5, 0.6) is 0 Å². The van der Waals surface area contributed by atoms with Crippen molar-refractivity contribution in [3.8, 4) is 11.3 Å². The van der Waals surface area contributed by atoms with Gasteiger partial charge in [0.25, 0.3) is 5.91 Å². The summed E-state index contributed by atoms with van der Waals surface area (Å²) in [6.45, 7) is 4.15. The van der Waals surface area contributed by atoms with Gasteiger partial charge in [0.2, 0.25) is 5.95 Å². The number of ether oxygens (including phenoxy) is 1. The molecule has 110 valence electrons. The lowest BCUT2D eigenvalue weighted by atomic mass is 10.2. The second-order valence-corrected chi connectivity index (χ2v) is 5.02. The molecule has 0 radical (unpaired) electrons. The largest absolute Gasteiger partial charge is 0.372 e. The number of carbonyl (C=O) groups excluding carboxylic acids is 1. The van der Waals surface area contributed by atoms with Crippen LogP contribution in [0.1, 0.15) is 13.3 Å². The Morgan fingerprint density at radius 1 is 1.29 bits per heavy atom. The predicted molar refractivity (Wildman–Crippen MR) is 81.1 cm³/mol. The fourth-order valence-electron chi connectivity index (χ4n) is 2.54. The van der Waals surface area contributed by atoms with Gasteiger partial charge in [-0.05, 0) is 13.3 Å². The van der Waals surface area contributed by atoms with Crippen LogP contribution < -0.4 is 4.90 Å². The van der Waals surface area contributed by atoms with Crippen LogP contribution >= 0.6 is 0 Å². The first-order valence-corrected chi connectivity index (χ1v) is 7.30. The molecule has 0 saturated heterocycles. The standard InChI is InChI=1S/C16H19N3O2/c1-2-21-12-15(20)19-10-6-9-18-11-14(17-16(18)19)13-7-4-3-5-8-13/h3-5,7-8,11H,2,6,9-10,12H2,1H3. The number of rotatable bonds is 4. The molecule has 5 heteroatoms. The van der Waals surface area contributed by atoms with Gasteiger partial charge in [0.1, 0.15) is 6.61 Å². The van der Waals surface area contributed by atoms with Crippen LogP contribution in [0.2, 0.25) is 0 Å². The molecule has 0 unspecified atom stereocenters. The van der Waals surface area contributed by atoms with Gasteiger partial charge in [-0.15, -0.1) is 0 Å². The topological polar surface area (TPSA) is 47.4 Å². The molecule has 1 amide bonds. The highest BCUT2D eigenvalue weighted by Gasteiger charge is 2.25. The number of anilines is 1. The highest BCUT2D eigenvalue weighted by atomic mass is 16.5. The van der Waals surface area contributed by atoms with Gasteiger partial charge in [0, 0.05) is 31.5 Å². The first kappa shape index (κ1) is 13.8. The quantitative estimate of drug-likeness (QED) is 0.866. The maximum Gasteiger partial charge on any atom is 0.255 e. The summed E-state index contributed by atoms with van der Waals surface area (Å²) in [7, 11) is 0. The van der Waals surface area contributed by atoms with Crippen molar-refractivity contribution in [3.05, 3.63) is 36.5 Å². The zero-order valence-corrected chi connectivity index (χ0v) is 12.2. The molecule has 0 saturated carbocycles. The molecule has 0 spiro atoms. The summed E-state index contributed by atoms with van der Waals surface area (Å²) in [5, 5.41) is 0. The molecule has 3 rings (SSSR count). The molecule has 1 aliphatic rings. The number of nitrogens with zero attached hydrogens (tertiary/aromatic N) is 3. The Balaban J connectivity index is 1.88. The van der Waals surface area contributed by atoms with E-state index in [1.54, 1.807) is 4.90 Å². The monoisotopic (exact) mass is 285 g/mol. The van der Waals surface area contributed by atoms with Crippen molar-refractivity contribution < 1.29 is 9.53 Å². The average molecular weight is 285 g/mol. The second kappa shape index (κ2) is 6.10. The van der Waals surface area contributed by atoms with Crippen molar-refractivity contribution in [2.75, 3.05) is 24.7 Å². The predicted octanol–water partition coefficient (Wildman–Crippen LogP) is 2.32. The molecule has 21 heavy (non-hydrogen) atoms. The van der Waals surface area contributed by atoms with Gasteiger partial charge in [-0.25, -0.2) is 4.98 Å². The molecule has 0 fully saturated rings. The zero-order chi connectivity index (χ0) is 14.7. The van der Waals surface area contributed by atoms with E-state index in [0.717, 1.165) is 30.2 Å². The molecule has 1 aliphatic heterocycles. The lowest BCUT2D eigenvalue weighted by molar-refractivity contribution is -0.123. The van der Waals surface area contributed by atoms with Crippen molar-refractivity contribution >= 4 is 11.9 Å². The third-order valence-corrected chi connectivity index (χ3v) is 3.58. The minimum Gasteiger partial charge on any atom is -0.372 e. The first-order valence-electron chi connectivity index (χ1n) is 7.30. The average Bonchev–Trinajstić information content (AvgIpc) is 2.97. The maximum atomic E-state index is 12.2. The van der Waals surface area contributed by atoms with E-state index in [-0.39, 0.29) is 12.5 Å². The van der Waals surface area contributed by atoms with E-state index in [0.29, 0.717) is 13.2 Å².